The normalized spacial score (nSPS) is 18.8. The van der Waals surface area contributed by atoms with E-state index in [2.05, 4.69) is 10.6 Å². The second-order valence-electron chi connectivity index (χ2n) is 4.26. The van der Waals surface area contributed by atoms with Crippen molar-refractivity contribution in [3.05, 3.63) is 29.6 Å². The van der Waals surface area contributed by atoms with E-state index in [0.29, 0.717) is 31.4 Å². The summed E-state index contributed by atoms with van der Waals surface area (Å²) in [5.74, 6) is -1.56. The Kier molecular flexibility index (Phi) is 5.94. The number of amides is 1. The van der Waals surface area contributed by atoms with Gasteiger partial charge in [-0.2, -0.15) is 13.2 Å². The van der Waals surface area contributed by atoms with Gasteiger partial charge in [-0.1, -0.05) is 0 Å². The molecule has 4 nitrogen and oxygen atoms in total. The summed E-state index contributed by atoms with van der Waals surface area (Å²) in [7, 11) is 0. The van der Waals surface area contributed by atoms with Gasteiger partial charge in [-0.3, -0.25) is 4.79 Å². The van der Waals surface area contributed by atoms with Gasteiger partial charge in [-0.15, -0.1) is 12.4 Å². The number of benzene rings is 1. The maximum Gasteiger partial charge on any atom is 0.416 e. The van der Waals surface area contributed by atoms with Crippen LogP contribution in [0.2, 0.25) is 0 Å². The number of alkyl halides is 3. The lowest BCUT2D eigenvalue weighted by atomic mass is 10.1. The van der Waals surface area contributed by atoms with Crippen molar-refractivity contribution >= 4 is 24.0 Å². The molecule has 0 aromatic heterocycles. The third-order valence-corrected chi connectivity index (χ3v) is 2.79. The molecule has 1 fully saturated rings. The number of halogens is 5. The maximum absolute atomic E-state index is 13.5. The van der Waals surface area contributed by atoms with E-state index in [4.69, 9.17) is 4.74 Å². The van der Waals surface area contributed by atoms with E-state index in [1.54, 1.807) is 0 Å². The van der Waals surface area contributed by atoms with Gasteiger partial charge in [-0.05, 0) is 18.2 Å². The Labute approximate surface area is 124 Å². The smallest absolute Gasteiger partial charge is 0.378 e. The van der Waals surface area contributed by atoms with Crippen molar-refractivity contribution in [3.8, 4) is 0 Å². The largest absolute Gasteiger partial charge is 0.416 e. The van der Waals surface area contributed by atoms with Crippen molar-refractivity contribution in [2.45, 2.75) is 12.2 Å². The highest BCUT2D eigenvalue weighted by molar-refractivity contribution is 5.95. The molecule has 2 N–H and O–H groups in total. The number of ether oxygens (including phenoxy) is 1. The van der Waals surface area contributed by atoms with E-state index in [1.165, 1.54) is 0 Å². The average Bonchev–Trinajstić information content (AvgIpc) is 2.41. The van der Waals surface area contributed by atoms with Crippen LogP contribution in [0.4, 0.5) is 23.2 Å². The van der Waals surface area contributed by atoms with E-state index in [9.17, 15) is 22.4 Å². The third kappa shape index (κ3) is 4.55. The summed E-state index contributed by atoms with van der Waals surface area (Å²) in [4.78, 5) is 11.8. The molecule has 2 rings (SSSR count). The minimum Gasteiger partial charge on any atom is -0.378 e. The van der Waals surface area contributed by atoms with Crippen LogP contribution in [0.15, 0.2) is 18.2 Å². The number of hydrogen-bond acceptors (Lipinski definition) is 3. The Bertz CT molecular complexity index is 505. The van der Waals surface area contributed by atoms with Crippen LogP contribution >= 0.6 is 12.4 Å². The first-order chi connectivity index (χ1) is 9.38. The zero-order valence-electron chi connectivity index (χ0n) is 10.7. The molecule has 1 atom stereocenters. The lowest BCUT2D eigenvalue weighted by molar-refractivity contribution is -0.137. The average molecular weight is 329 g/mol. The lowest BCUT2D eigenvalue weighted by Crippen LogP contribution is -2.48. The van der Waals surface area contributed by atoms with Crippen molar-refractivity contribution < 1.29 is 27.1 Å². The highest BCUT2D eigenvalue weighted by atomic mass is 35.5. The van der Waals surface area contributed by atoms with Gasteiger partial charge in [0, 0.05) is 6.54 Å². The van der Waals surface area contributed by atoms with Gasteiger partial charge in [0.2, 0.25) is 5.91 Å². The molecule has 1 heterocycles. The number of anilines is 1. The van der Waals surface area contributed by atoms with E-state index in [0.717, 1.165) is 0 Å². The van der Waals surface area contributed by atoms with Crippen molar-refractivity contribution in [2.24, 2.45) is 0 Å². The van der Waals surface area contributed by atoms with E-state index in [-0.39, 0.29) is 19.0 Å². The first-order valence-corrected chi connectivity index (χ1v) is 5.86. The molecule has 9 heteroatoms. The summed E-state index contributed by atoms with van der Waals surface area (Å²) in [6.45, 7) is 0.983. The zero-order valence-corrected chi connectivity index (χ0v) is 11.5. The molecule has 0 aliphatic carbocycles. The molecule has 0 radical (unpaired) electrons. The van der Waals surface area contributed by atoms with E-state index in [1.807, 2.05) is 0 Å². The predicted molar refractivity (Wildman–Crippen MR) is 69.9 cm³/mol. The molecule has 1 aromatic carbocycles. The van der Waals surface area contributed by atoms with Gasteiger partial charge in [-0.25, -0.2) is 4.39 Å². The fourth-order valence-electron chi connectivity index (χ4n) is 1.75. The molecule has 1 aliphatic heterocycles. The number of carbonyl (C=O) groups is 1. The molecular formula is C12H13ClF4N2O2. The molecule has 1 unspecified atom stereocenters. The van der Waals surface area contributed by atoms with Crippen LogP contribution in [0.3, 0.4) is 0 Å². The van der Waals surface area contributed by atoms with Gasteiger partial charge in [0.05, 0.1) is 24.5 Å². The fourth-order valence-corrected chi connectivity index (χ4v) is 1.75. The van der Waals surface area contributed by atoms with Gasteiger partial charge in [0.1, 0.15) is 11.9 Å². The maximum atomic E-state index is 13.5. The SMILES string of the molecule is Cl.O=C(Nc1cc(C(F)(F)F)ccc1F)C1COCCN1. The number of rotatable bonds is 2. The Morgan fingerprint density at radius 1 is 1.38 bits per heavy atom. The van der Waals surface area contributed by atoms with E-state index >= 15 is 0 Å². The summed E-state index contributed by atoms with van der Waals surface area (Å²) in [6, 6.07) is 1.14. The van der Waals surface area contributed by atoms with Crippen LogP contribution in [0, 0.1) is 5.82 Å². The molecule has 21 heavy (non-hydrogen) atoms. The molecule has 118 valence electrons. The standard InChI is InChI=1S/C12H12F4N2O2.ClH/c13-8-2-1-7(12(14,15)16)5-9(8)18-11(19)10-6-20-4-3-17-10;/h1-2,5,10,17H,3-4,6H2,(H,18,19);1H. The van der Waals surface area contributed by atoms with Gasteiger partial charge in [0.25, 0.3) is 0 Å². The van der Waals surface area contributed by atoms with E-state index < -0.39 is 35.2 Å². The van der Waals surface area contributed by atoms with Crippen molar-refractivity contribution in [1.29, 1.82) is 0 Å². The number of morpholine rings is 1. The highest BCUT2D eigenvalue weighted by Crippen LogP contribution is 2.31. The third-order valence-electron chi connectivity index (χ3n) is 2.79. The molecule has 1 amide bonds. The van der Waals surface area contributed by atoms with Crippen molar-refractivity contribution in [2.75, 3.05) is 25.1 Å². The molecule has 1 saturated heterocycles. The Hall–Kier alpha value is -1.38. The topological polar surface area (TPSA) is 50.4 Å². The monoisotopic (exact) mass is 328 g/mol. The summed E-state index contributed by atoms with van der Waals surface area (Å²) >= 11 is 0. The second kappa shape index (κ2) is 7.06. The first-order valence-electron chi connectivity index (χ1n) is 5.86. The molecular weight excluding hydrogens is 316 g/mol. The van der Waals surface area contributed by atoms with Crippen LogP contribution in [-0.4, -0.2) is 31.7 Å². The summed E-state index contributed by atoms with van der Waals surface area (Å²) < 4.78 is 56.1. The van der Waals surface area contributed by atoms with Gasteiger partial charge < -0.3 is 15.4 Å². The molecule has 0 saturated carbocycles. The molecule has 1 aliphatic rings. The lowest BCUT2D eigenvalue weighted by Gasteiger charge is -2.23. The summed E-state index contributed by atoms with van der Waals surface area (Å²) in [6.07, 6.45) is -4.60. The minimum atomic E-state index is -4.60. The number of hydrogen-bond donors (Lipinski definition) is 2. The summed E-state index contributed by atoms with van der Waals surface area (Å²) in [5, 5.41) is 4.96. The van der Waals surface area contributed by atoms with Gasteiger partial charge >= 0.3 is 6.18 Å². The summed E-state index contributed by atoms with van der Waals surface area (Å²) in [5.41, 5.74) is -1.53. The van der Waals surface area contributed by atoms with Crippen molar-refractivity contribution in [1.82, 2.24) is 5.32 Å². The number of nitrogens with one attached hydrogen (secondary N) is 2. The zero-order chi connectivity index (χ0) is 14.8. The van der Waals surface area contributed by atoms with Crippen LogP contribution in [-0.2, 0) is 15.7 Å². The number of carbonyl (C=O) groups excluding carboxylic acids is 1. The Morgan fingerprint density at radius 3 is 2.67 bits per heavy atom. The predicted octanol–water partition coefficient (Wildman–Crippen LogP) is 2.19. The molecule has 0 spiro atoms. The highest BCUT2D eigenvalue weighted by Gasteiger charge is 2.31. The molecule has 1 aromatic rings. The van der Waals surface area contributed by atoms with Gasteiger partial charge in [0.15, 0.2) is 0 Å². The Balaban J connectivity index is 0.00000220. The Morgan fingerprint density at radius 2 is 2.10 bits per heavy atom. The van der Waals surface area contributed by atoms with Crippen LogP contribution < -0.4 is 10.6 Å². The fraction of sp³-hybridized carbons (Fsp3) is 0.417. The van der Waals surface area contributed by atoms with Crippen molar-refractivity contribution in [3.63, 3.8) is 0 Å². The second-order valence-corrected chi connectivity index (χ2v) is 4.26. The van der Waals surface area contributed by atoms with Crippen LogP contribution in [0.1, 0.15) is 5.56 Å². The minimum absolute atomic E-state index is 0. The quantitative estimate of drug-likeness (QED) is 0.818. The first kappa shape index (κ1) is 17.7. The van der Waals surface area contributed by atoms with Crippen LogP contribution in [0.5, 0.6) is 0 Å². The van der Waals surface area contributed by atoms with Crippen LogP contribution in [0.25, 0.3) is 0 Å². The molecule has 0 bridgehead atoms.